The lowest BCUT2D eigenvalue weighted by Crippen LogP contribution is -2.45. The Morgan fingerprint density at radius 3 is 3.00 bits per heavy atom. The van der Waals surface area contributed by atoms with Gasteiger partial charge in [0.05, 0.1) is 5.35 Å². The number of allylic oxidation sites excluding steroid dienone is 2. The molecule has 0 amide bonds. The van der Waals surface area contributed by atoms with E-state index < -0.39 is 5.69 Å². The lowest BCUT2D eigenvalue weighted by molar-refractivity contribution is 0.371. The van der Waals surface area contributed by atoms with E-state index in [1.165, 1.54) is 10.6 Å². The Morgan fingerprint density at radius 1 is 1.48 bits per heavy atom. The lowest BCUT2D eigenvalue weighted by atomic mass is 10.2. The van der Waals surface area contributed by atoms with E-state index in [-0.39, 0.29) is 5.75 Å². The van der Waals surface area contributed by atoms with Crippen molar-refractivity contribution in [3.05, 3.63) is 51.0 Å². The Balaban J connectivity index is 2.35. The molecule has 6 heteroatoms. The van der Waals surface area contributed by atoms with Crippen LogP contribution in [0.1, 0.15) is 27.2 Å². The molecule has 2 N–H and O–H groups in total. The Bertz CT molecular complexity index is 1020. The minimum absolute atomic E-state index is 0.0252. The van der Waals surface area contributed by atoms with Crippen LogP contribution in [-0.4, -0.2) is 21.3 Å². The van der Waals surface area contributed by atoms with E-state index >= 15 is 0 Å². The van der Waals surface area contributed by atoms with Crippen LogP contribution in [0.3, 0.4) is 0 Å². The maximum absolute atomic E-state index is 12.8. The highest BCUT2D eigenvalue weighted by atomic mass is 16.5. The van der Waals surface area contributed by atoms with Gasteiger partial charge in [0.2, 0.25) is 0 Å². The monoisotopic (exact) mass is 339 g/mol. The summed E-state index contributed by atoms with van der Waals surface area (Å²) in [5.74, 6) is 0.919. The summed E-state index contributed by atoms with van der Waals surface area (Å²) < 4.78 is 7.08. The zero-order valence-electron chi connectivity index (χ0n) is 14.5. The third-order valence-electron chi connectivity index (χ3n) is 4.00. The Labute approximate surface area is 145 Å². The molecule has 2 aromatic rings. The van der Waals surface area contributed by atoms with Gasteiger partial charge in [0.1, 0.15) is 29.6 Å². The molecule has 0 aliphatic carbocycles. The van der Waals surface area contributed by atoms with E-state index in [1.807, 2.05) is 39.0 Å². The molecule has 0 atom stereocenters. The predicted octanol–water partition coefficient (Wildman–Crippen LogP) is 1.64. The van der Waals surface area contributed by atoms with Crippen LogP contribution in [0.2, 0.25) is 0 Å². The van der Waals surface area contributed by atoms with Gasteiger partial charge in [-0.2, -0.15) is 4.98 Å². The quantitative estimate of drug-likeness (QED) is 0.889. The Hall–Kier alpha value is -3.02. The average molecular weight is 339 g/mol. The summed E-state index contributed by atoms with van der Waals surface area (Å²) in [6.07, 6.45) is 6.62. The van der Waals surface area contributed by atoms with Crippen LogP contribution >= 0.6 is 0 Å². The first-order valence-corrected chi connectivity index (χ1v) is 8.25. The van der Waals surface area contributed by atoms with E-state index in [2.05, 4.69) is 10.3 Å². The second-order valence-electron chi connectivity index (χ2n) is 5.73. The summed E-state index contributed by atoms with van der Waals surface area (Å²) in [6, 6.07) is 4.93. The molecule has 130 valence electrons. The number of aromatic hydroxyl groups is 1. The third-order valence-corrected chi connectivity index (χ3v) is 4.00. The van der Waals surface area contributed by atoms with Crippen LogP contribution in [0.5, 0.6) is 11.5 Å². The summed E-state index contributed by atoms with van der Waals surface area (Å²) >= 11 is 0. The summed E-state index contributed by atoms with van der Waals surface area (Å²) in [6.45, 7) is 6.16. The molecule has 1 aromatic heterocycles. The molecule has 2 heterocycles. The topological polar surface area (TPSA) is 76.4 Å². The van der Waals surface area contributed by atoms with Crippen LogP contribution in [0, 0.1) is 0 Å². The van der Waals surface area contributed by atoms with Crippen molar-refractivity contribution in [1.82, 2.24) is 9.55 Å². The van der Waals surface area contributed by atoms with Crippen molar-refractivity contribution < 1.29 is 9.84 Å². The zero-order chi connectivity index (χ0) is 18.0. The summed E-state index contributed by atoms with van der Waals surface area (Å²) in [4.78, 5) is 17.0. The van der Waals surface area contributed by atoms with Crippen molar-refractivity contribution in [2.24, 2.45) is 0 Å². The standard InChI is InChI=1S/C19H21N3O3/c1-4-7-12(3)20-18-13(5-2)14-10-11-25-16-9-6-8-15(23)17(16)22(14)19(24)21-18/h5-10,23H,4,11H2,1-3H3,(H,20,21,24)/b12-7-,13-5-. The van der Waals surface area contributed by atoms with Gasteiger partial charge in [0.15, 0.2) is 0 Å². The van der Waals surface area contributed by atoms with Crippen molar-refractivity contribution in [1.29, 1.82) is 0 Å². The largest absolute Gasteiger partial charge is 0.506 e. The van der Waals surface area contributed by atoms with Crippen molar-refractivity contribution in [2.45, 2.75) is 27.2 Å². The highest BCUT2D eigenvalue weighted by molar-refractivity contribution is 5.59. The molecule has 1 aliphatic rings. The van der Waals surface area contributed by atoms with Crippen molar-refractivity contribution in [3.63, 3.8) is 0 Å². The van der Waals surface area contributed by atoms with Gasteiger partial charge >= 0.3 is 5.69 Å². The number of nitrogens with zero attached hydrogens (tertiary/aromatic N) is 2. The lowest BCUT2D eigenvalue weighted by Gasteiger charge is -2.13. The predicted molar refractivity (Wildman–Crippen MR) is 98.5 cm³/mol. The number of hydrogen-bond acceptors (Lipinski definition) is 5. The number of hydrogen-bond donors (Lipinski definition) is 2. The fraction of sp³-hybridized carbons (Fsp3) is 0.263. The zero-order valence-corrected chi connectivity index (χ0v) is 14.5. The van der Waals surface area contributed by atoms with Gasteiger partial charge in [-0.1, -0.05) is 25.1 Å². The van der Waals surface area contributed by atoms with Crippen LogP contribution in [0.25, 0.3) is 17.8 Å². The first kappa shape index (κ1) is 16.8. The number of anilines is 1. The number of fused-ring (bicyclic) bond motifs is 3. The molecule has 25 heavy (non-hydrogen) atoms. The smallest absolute Gasteiger partial charge is 0.354 e. The van der Waals surface area contributed by atoms with Gasteiger partial charge in [-0.3, -0.25) is 4.57 Å². The van der Waals surface area contributed by atoms with E-state index in [9.17, 15) is 9.90 Å². The van der Waals surface area contributed by atoms with Gasteiger partial charge in [-0.25, -0.2) is 4.79 Å². The number of aromatic nitrogens is 2. The molecule has 0 saturated carbocycles. The summed E-state index contributed by atoms with van der Waals surface area (Å²) in [5.41, 5.74) is 0.770. The molecule has 1 aromatic carbocycles. The third kappa shape index (κ3) is 3.03. The van der Waals surface area contributed by atoms with Crippen LogP contribution in [0.15, 0.2) is 34.8 Å². The highest BCUT2D eigenvalue weighted by Crippen LogP contribution is 2.30. The van der Waals surface area contributed by atoms with E-state index in [0.717, 1.165) is 17.3 Å². The van der Waals surface area contributed by atoms with Gasteiger partial charge in [-0.15, -0.1) is 0 Å². The number of para-hydroxylation sites is 1. The fourth-order valence-electron chi connectivity index (χ4n) is 2.95. The first-order chi connectivity index (χ1) is 12.1. The van der Waals surface area contributed by atoms with Gasteiger partial charge in [0.25, 0.3) is 0 Å². The number of ether oxygens (including phenoxy) is 1. The maximum Gasteiger partial charge on any atom is 0.354 e. The van der Waals surface area contributed by atoms with Crippen LogP contribution < -0.4 is 26.3 Å². The molecule has 1 aliphatic heterocycles. The molecule has 0 saturated heterocycles. The Kier molecular flexibility index (Phi) is 4.61. The fourth-order valence-corrected chi connectivity index (χ4v) is 2.95. The van der Waals surface area contributed by atoms with Crippen molar-refractivity contribution in [2.75, 3.05) is 11.9 Å². The number of phenols is 1. The van der Waals surface area contributed by atoms with Crippen LogP contribution in [-0.2, 0) is 0 Å². The molecule has 6 nitrogen and oxygen atoms in total. The van der Waals surface area contributed by atoms with Gasteiger partial charge < -0.3 is 15.2 Å². The SMILES string of the molecule is C/C=c1\c(N/C(C)=C\CC)nc(=O)n2c1=CCOc1cccc(O)c1-2. The number of rotatable bonds is 3. The molecular formula is C19H21N3O3. The highest BCUT2D eigenvalue weighted by Gasteiger charge is 2.18. The second kappa shape index (κ2) is 6.84. The second-order valence-corrected chi connectivity index (χ2v) is 5.73. The van der Waals surface area contributed by atoms with Crippen LogP contribution in [0.4, 0.5) is 5.82 Å². The molecule has 3 rings (SSSR count). The van der Waals surface area contributed by atoms with Gasteiger partial charge in [-0.05, 0) is 38.5 Å². The van der Waals surface area contributed by atoms with E-state index in [1.54, 1.807) is 12.1 Å². The average Bonchev–Trinajstić information content (AvgIpc) is 2.76. The molecule has 0 fully saturated rings. The number of phenolic OH excluding ortho intramolecular Hbond substituents is 1. The molecule has 0 unspecified atom stereocenters. The van der Waals surface area contributed by atoms with E-state index in [4.69, 9.17) is 4.74 Å². The van der Waals surface area contributed by atoms with E-state index in [0.29, 0.717) is 29.2 Å². The minimum Gasteiger partial charge on any atom is -0.506 e. The minimum atomic E-state index is -0.475. The normalized spacial score (nSPS) is 14.0. The maximum atomic E-state index is 12.8. The molecule has 0 bridgehead atoms. The Morgan fingerprint density at radius 2 is 2.28 bits per heavy atom. The van der Waals surface area contributed by atoms with Gasteiger partial charge in [0, 0.05) is 10.9 Å². The number of nitrogens with one attached hydrogen (secondary N) is 1. The molecule has 0 spiro atoms. The number of benzene rings is 1. The first-order valence-electron chi connectivity index (χ1n) is 8.25. The summed E-state index contributed by atoms with van der Waals surface area (Å²) in [5, 5.41) is 14.9. The molecule has 0 radical (unpaired) electrons. The van der Waals surface area contributed by atoms with Crippen molar-refractivity contribution >= 4 is 18.0 Å². The van der Waals surface area contributed by atoms with Crippen molar-refractivity contribution in [3.8, 4) is 17.2 Å². The molecular weight excluding hydrogens is 318 g/mol. The summed E-state index contributed by atoms with van der Waals surface area (Å²) in [7, 11) is 0.